The lowest BCUT2D eigenvalue weighted by molar-refractivity contribution is -0.123. The lowest BCUT2D eigenvalue weighted by Crippen LogP contribution is -2.33. The van der Waals surface area contributed by atoms with Gasteiger partial charge >= 0.3 is 0 Å². The zero-order chi connectivity index (χ0) is 30.5. The number of ketones is 2. The fourth-order valence-electron chi connectivity index (χ4n) is 6.50. The minimum Gasteiger partial charge on any atom is -0.491 e. The Morgan fingerprint density at radius 2 is 1.72 bits per heavy atom. The highest BCUT2D eigenvalue weighted by Gasteiger charge is 2.46. The largest absolute Gasteiger partial charge is 0.491 e. The molecule has 0 aliphatic carbocycles. The number of Topliss-reactive ketones (excluding diaryl/α,β-unsaturated/α-hetero) is 2. The first-order chi connectivity index (χ1) is 20.7. The molecule has 1 fully saturated rings. The number of likely N-dealkylation sites (tertiary alicyclic amines) is 1. The molecule has 0 spiro atoms. The summed E-state index contributed by atoms with van der Waals surface area (Å²) in [7, 11) is 0. The molecule has 0 amide bonds. The summed E-state index contributed by atoms with van der Waals surface area (Å²) in [4.78, 5) is 29.3. The number of nitrogens with zero attached hydrogens (tertiary/aromatic N) is 1. The van der Waals surface area contributed by atoms with Crippen LogP contribution < -0.4 is 14.2 Å². The molecule has 7 nitrogen and oxygen atoms in total. The number of hydrogen-bond donors (Lipinski definition) is 0. The van der Waals surface area contributed by atoms with Gasteiger partial charge in [0.15, 0.2) is 17.3 Å². The summed E-state index contributed by atoms with van der Waals surface area (Å²) in [5.41, 5.74) is 5.47. The number of aryl methyl sites for hydroxylation is 2. The van der Waals surface area contributed by atoms with E-state index >= 15 is 0 Å². The van der Waals surface area contributed by atoms with Crippen LogP contribution in [0.4, 0.5) is 0 Å². The van der Waals surface area contributed by atoms with Crippen LogP contribution in [0.2, 0.25) is 0 Å². The molecule has 0 N–H and O–H groups in total. The molecule has 5 rings (SSSR count). The highest BCUT2D eigenvalue weighted by molar-refractivity contribution is 5.85. The minimum absolute atomic E-state index is 0.0981. The molecule has 0 radical (unpaired) electrons. The number of benzene rings is 3. The van der Waals surface area contributed by atoms with Gasteiger partial charge in [-0.25, -0.2) is 0 Å². The average Bonchev–Trinajstić information content (AvgIpc) is 3.61. The second-order valence-corrected chi connectivity index (χ2v) is 11.8. The van der Waals surface area contributed by atoms with Gasteiger partial charge in [0.05, 0.1) is 19.3 Å². The second-order valence-electron chi connectivity index (χ2n) is 11.8. The van der Waals surface area contributed by atoms with E-state index in [1.165, 1.54) is 5.56 Å². The van der Waals surface area contributed by atoms with Crippen molar-refractivity contribution in [1.82, 2.24) is 4.90 Å². The SMILES string of the molecule is CCc1cccc(C)c1CC(=O)CN1C[C@H](c2ccc3c(c2)OCO3)[C@@H](C(C)=O)[C@@H]1c1ccc(OCCOC(C)C)cc1. The molecule has 0 aromatic heterocycles. The van der Waals surface area contributed by atoms with Crippen molar-refractivity contribution >= 4 is 11.6 Å². The van der Waals surface area contributed by atoms with Gasteiger partial charge in [0.25, 0.3) is 0 Å². The van der Waals surface area contributed by atoms with Crippen molar-refractivity contribution in [3.05, 3.63) is 88.5 Å². The van der Waals surface area contributed by atoms with Crippen molar-refractivity contribution in [3.63, 3.8) is 0 Å². The highest BCUT2D eigenvalue weighted by atomic mass is 16.7. The Morgan fingerprint density at radius 1 is 0.977 bits per heavy atom. The molecule has 1 saturated heterocycles. The lowest BCUT2D eigenvalue weighted by Gasteiger charge is -2.28. The lowest BCUT2D eigenvalue weighted by atomic mass is 9.80. The highest BCUT2D eigenvalue weighted by Crippen LogP contribution is 2.48. The van der Waals surface area contributed by atoms with E-state index in [9.17, 15) is 9.59 Å². The van der Waals surface area contributed by atoms with Crippen molar-refractivity contribution in [2.45, 2.75) is 65.5 Å². The van der Waals surface area contributed by atoms with Crippen LogP contribution >= 0.6 is 0 Å². The molecule has 2 heterocycles. The molecule has 0 saturated carbocycles. The summed E-state index contributed by atoms with van der Waals surface area (Å²) in [5.74, 6) is 1.97. The molecule has 2 aliphatic rings. The molecule has 43 heavy (non-hydrogen) atoms. The predicted molar refractivity (Wildman–Crippen MR) is 166 cm³/mol. The Balaban J connectivity index is 1.42. The van der Waals surface area contributed by atoms with E-state index in [1.807, 2.05) is 56.3 Å². The molecule has 0 bridgehead atoms. The smallest absolute Gasteiger partial charge is 0.231 e. The Morgan fingerprint density at radius 3 is 2.44 bits per heavy atom. The molecular formula is C36H43NO6. The van der Waals surface area contributed by atoms with Crippen LogP contribution in [0.1, 0.15) is 67.5 Å². The van der Waals surface area contributed by atoms with Crippen LogP contribution in [0.3, 0.4) is 0 Å². The fourth-order valence-corrected chi connectivity index (χ4v) is 6.50. The number of carbonyl (C=O) groups is 2. The zero-order valence-electron chi connectivity index (χ0n) is 25.9. The van der Waals surface area contributed by atoms with Crippen molar-refractivity contribution in [2.75, 3.05) is 33.1 Å². The van der Waals surface area contributed by atoms with Crippen molar-refractivity contribution in [1.29, 1.82) is 0 Å². The third-order valence-electron chi connectivity index (χ3n) is 8.56. The summed E-state index contributed by atoms with van der Waals surface area (Å²) in [5, 5.41) is 0. The maximum atomic E-state index is 13.7. The third kappa shape index (κ3) is 7.11. The van der Waals surface area contributed by atoms with E-state index in [-0.39, 0.29) is 48.9 Å². The van der Waals surface area contributed by atoms with Gasteiger partial charge in [-0.1, -0.05) is 43.3 Å². The molecule has 0 unspecified atom stereocenters. The third-order valence-corrected chi connectivity index (χ3v) is 8.56. The van der Waals surface area contributed by atoms with Gasteiger partial charge in [0.1, 0.15) is 18.1 Å². The molecule has 2 aliphatic heterocycles. The minimum atomic E-state index is -0.330. The van der Waals surface area contributed by atoms with E-state index in [1.54, 1.807) is 6.92 Å². The summed E-state index contributed by atoms with van der Waals surface area (Å²) in [6.07, 6.45) is 1.42. The second kappa shape index (κ2) is 13.7. The molecular weight excluding hydrogens is 542 g/mol. The number of carbonyl (C=O) groups excluding carboxylic acids is 2. The number of rotatable bonds is 13. The van der Waals surface area contributed by atoms with E-state index in [0.717, 1.165) is 34.4 Å². The zero-order valence-corrected chi connectivity index (χ0v) is 25.9. The maximum Gasteiger partial charge on any atom is 0.231 e. The van der Waals surface area contributed by atoms with Crippen molar-refractivity contribution in [2.24, 2.45) is 5.92 Å². The van der Waals surface area contributed by atoms with Crippen molar-refractivity contribution < 1.29 is 28.5 Å². The van der Waals surface area contributed by atoms with E-state index in [0.29, 0.717) is 37.7 Å². The quantitative estimate of drug-likeness (QED) is 0.220. The summed E-state index contributed by atoms with van der Waals surface area (Å²) in [6, 6.07) is 19.8. The van der Waals surface area contributed by atoms with Crippen LogP contribution in [0, 0.1) is 12.8 Å². The summed E-state index contributed by atoms with van der Waals surface area (Å²) in [6.45, 7) is 11.9. The Hall–Kier alpha value is -3.68. The predicted octanol–water partition coefficient (Wildman–Crippen LogP) is 6.25. The van der Waals surface area contributed by atoms with E-state index in [4.69, 9.17) is 18.9 Å². The average molecular weight is 586 g/mol. The van der Waals surface area contributed by atoms with Crippen LogP contribution in [-0.2, 0) is 27.2 Å². The maximum absolute atomic E-state index is 13.7. The van der Waals surface area contributed by atoms with Crippen LogP contribution in [0.15, 0.2) is 60.7 Å². The van der Waals surface area contributed by atoms with Gasteiger partial charge < -0.3 is 18.9 Å². The molecule has 7 heteroatoms. The molecule has 228 valence electrons. The van der Waals surface area contributed by atoms with Gasteiger partial charge in [-0.15, -0.1) is 0 Å². The Labute approximate surface area is 255 Å². The van der Waals surface area contributed by atoms with Gasteiger partial charge in [0.2, 0.25) is 6.79 Å². The van der Waals surface area contributed by atoms with Gasteiger partial charge in [-0.05, 0) is 86.2 Å². The Bertz CT molecular complexity index is 1430. The van der Waals surface area contributed by atoms with E-state index in [2.05, 4.69) is 36.9 Å². The summed E-state index contributed by atoms with van der Waals surface area (Å²) < 4.78 is 22.7. The first-order valence-electron chi connectivity index (χ1n) is 15.3. The van der Waals surface area contributed by atoms with Gasteiger partial charge in [-0.2, -0.15) is 0 Å². The number of fused-ring (bicyclic) bond motifs is 1. The van der Waals surface area contributed by atoms with Gasteiger partial charge in [-0.3, -0.25) is 14.5 Å². The van der Waals surface area contributed by atoms with Crippen LogP contribution in [0.5, 0.6) is 17.2 Å². The Kier molecular flexibility index (Phi) is 9.83. The van der Waals surface area contributed by atoms with Crippen LogP contribution in [0.25, 0.3) is 0 Å². The molecule has 3 atom stereocenters. The molecule has 3 aromatic carbocycles. The number of ether oxygens (including phenoxy) is 4. The van der Waals surface area contributed by atoms with Gasteiger partial charge in [0, 0.05) is 30.8 Å². The molecule has 3 aromatic rings. The monoisotopic (exact) mass is 585 g/mol. The number of hydrogen-bond acceptors (Lipinski definition) is 7. The normalized spacial score (nSPS) is 19.6. The van der Waals surface area contributed by atoms with Crippen LogP contribution in [-0.4, -0.2) is 55.7 Å². The first-order valence-corrected chi connectivity index (χ1v) is 15.3. The fraction of sp³-hybridized carbons (Fsp3) is 0.444. The first kappa shape index (κ1) is 30.8. The topological polar surface area (TPSA) is 74.3 Å². The standard InChI is InChI=1S/C36H43NO6/c1-6-26-9-7-8-24(4)31(26)19-29(39)20-37-21-32(28-12-15-33-34(18-28)43-22-42-33)35(25(5)38)36(37)27-10-13-30(14-11-27)41-17-16-40-23(2)3/h7-15,18,23,32,35-36H,6,16-17,19-22H2,1-5H3/t32-,35-,36+/m1/s1. The van der Waals surface area contributed by atoms with Crippen molar-refractivity contribution in [3.8, 4) is 17.2 Å². The van der Waals surface area contributed by atoms with E-state index < -0.39 is 0 Å². The summed E-state index contributed by atoms with van der Waals surface area (Å²) >= 11 is 0.